The maximum atomic E-state index is 12.8. The Morgan fingerprint density at radius 2 is 1.96 bits per heavy atom. The molecule has 26 heavy (non-hydrogen) atoms. The molecule has 0 aliphatic carbocycles. The number of para-hydroxylation sites is 1. The summed E-state index contributed by atoms with van der Waals surface area (Å²) in [5.74, 6) is 0.417. The smallest absolute Gasteiger partial charge is 0.261 e. The molecular weight excluding hydrogens is 352 g/mol. The standard InChI is InChI=1S/C18H20N4O3S/c1-13(23)21-14-6-4-7-15(12-14)26(24,25)22-17-9-3-2-8-16(17)18-19-10-5-11-20-18/h2-4,6-9,12,22H,5,10-11H2,1H3,(H,19,20)(H,21,23). The van der Waals surface area contributed by atoms with Gasteiger partial charge >= 0.3 is 0 Å². The Morgan fingerprint density at radius 1 is 1.15 bits per heavy atom. The average Bonchev–Trinajstić information content (AvgIpc) is 2.62. The molecule has 8 heteroatoms. The number of nitrogens with one attached hydrogen (secondary N) is 3. The number of aliphatic imine (C=N–C) groups is 1. The van der Waals surface area contributed by atoms with E-state index in [-0.39, 0.29) is 10.8 Å². The van der Waals surface area contributed by atoms with Crippen molar-refractivity contribution in [3.8, 4) is 0 Å². The van der Waals surface area contributed by atoms with E-state index in [1.54, 1.807) is 24.3 Å². The Bertz CT molecular complexity index is 954. The molecular formula is C18H20N4O3S. The first-order chi connectivity index (χ1) is 12.5. The number of carbonyl (C=O) groups is 1. The van der Waals surface area contributed by atoms with Crippen LogP contribution in [0.2, 0.25) is 0 Å². The molecule has 3 N–H and O–H groups in total. The number of hydrogen-bond donors (Lipinski definition) is 3. The summed E-state index contributed by atoms with van der Waals surface area (Å²) in [6.45, 7) is 2.88. The lowest BCUT2D eigenvalue weighted by Gasteiger charge is -2.18. The predicted molar refractivity (Wildman–Crippen MR) is 102 cm³/mol. The quantitative estimate of drug-likeness (QED) is 0.749. The van der Waals surface area contributed by atoms with Crippen molar-refractivity contribution in [1.82, 2.24) is 5.32 Å². The zero-order chi connectivity index (χ0) is 18.6. The summed E-state index contributed by atoms with van der Waals surface area (Å²) >= 11 is 0. The van der Waals surface area contributed by atoms with Gasteiger partial charge in [-0.05, 0) is 36.8 Å². The van der Waals surface area contributed by atoms with Crippen molar-refractivity contribution in [1.29, 1.82) is 0 Å². The van der Waals surface area contributed by atoms with Crippen LogP contribution in [0.1, 0.15) is 18.9 Å². The van der Waals surface area contributed by atoms with Gasteiger partial charge in [0.05, 0.1) is 10.6 Å². The van der Waals surface area contributed by atoms with Gasteiger partial charge in [-0.15, -0.1) is 0 Å². The summed E-state index contributed by atoms with van der Waals surface area (Å²) in [6, 6.07) is 13.2. The van der Waals surface area contributed by atoms with Crippen LogP contribution in [0, 0.1) is 0 Å². The van der Waals surface area contributed by atoms with Crippen LogP contribution in [-0.2, 0) is 14.8 Å². The number of amides is 1. The van der Waals surface area contributed by atoms with Crippen molar-refractivity contribution in [3.05, 3.63) is 54.1 Å². The third-order valence-electron chi connectivity index (χ3n) is 3.79. The minimum atomic E-state index is -3.82. The molecule has 1 aliphatic rings. The third-order valence-corrected chi connectivity index (χ3v) is 5.15. The van der Waals surface area contributed by atoms with Crippen molar-refractivity contribution in [2.45, 2.75) is 18.2 Å². The fraction of sp³-hybridized carbons (Fsp3) is 0.222. The molecule has 0 fully saturated rings. The molecule has 0 radical (unpaired) electrons. The van der Waals surface area contributed by atoms with Crippen LogP contribution in [0.4, 0.5) is 11.4 Å². The number of rotatable bonds is 5. The van der Waals surface area contributed by atoms with E-state index in [9.17, 15) is 13.2 Å². The monoisotopic (exact) mass is 372 g/mol. The van der Waals surface area contributed by atoms with Gasteiger partial charge in [0.2, 0.25) is 5.91 Å². The number of hydrogen-bond acceptors (Lipinski definition) is 5. The van der Waals surface area contributed by atoms with Gasteiger partial charge in [0.1, 0.15) is 5.84 Å². The first-order valence-corrected chi connectivity index (χ1v) is 9.72. The number of amidine groups is 1. The van der Waals surface area contributed by atoms with Crippen molar-refractivity contribution in [2.75, 3.05) is 23.1 Å². The van der Waals surface area contributed by atoms with Crippen LogP contribution in [0.5, 0.6) is 0 Å². The van der Waals surface area contributed by atoms with E-state index >= 15 is 0 Å². The highest BCUT2D eigenvalue weighted by Crippen LogP contribution is 2.22. The maximum absolute atomic E-state index is 12.8. The predicted octanol–water partition coefficient (Wildman–Crippen LogP) is 2.19. The van der Waals surface area contributed by atoms with E-state index in [4.69, 9.17) is 0 Å². The van der Waals surface area contributed by atoms with Crippen LogP contribution < -0.4 is 15.4 Å². The molecule has 0 bridgehead atoms. The fourth-order valence-corrected chi connectivity index (χ4v) is 3.76. The molecule has 2 aromatic carbocycles. The summed E-state index contributed by atoms with van der Waals surface area (Å²) in [7, 11) is -3.82. The zero-order valence-electron chi connectivity index (χ0n) is 14.3. The molecule has 136 valence electrons. The summed E-state index contributed by atoms with van der Waals surface area (Å²) < 4.78 is 28.2. The Labute approximate surface area is 152 Å². The zero-order valence-corrected chi connectivity index (χ0v) is 15.1. The van der Waals surface area contributed by atoms with Gasteiger partial charge in [-0.3, -0.25) is 14.5 Å². The van der Waals surface area contributed by atoms with Gasteiger partial charge in [0.25, 0.3) is 10.0 Å². The Kier molecular flexibility index (Phi) is 5.22. The second-order valence-corrected chi connectivity index (χ2v) is 7.55. The molecule has 0 spiro atoms. The van der Waals surface area contributed by atoms with Crippen molar-refractivity contribution in [2.24, 2.45) is 4.99 Å². The van der Waals surface area contributed by atoms with E-state index in [0.717, 1.165) is 13.0 Å². The summed E-state index contributed by atoms with van der Waals surface area (Å²) in [5, 5.41) is 5.78. The molecule has 0 aromatic heterocycles. The summed E-state index contributed by atoms with van der Waals surface area (Å²) in [5.41, 5.74) is 1.58. The van der Waals surface area contributed by atoms with E-state index in [2.05, 4.69) is 20.3 Å². The topological polar surface area (TPSA) is 99.7 Å². The molecule has 3 rings (SSSR count). The molecule has 2 aromatic rings. The minimum absolute atomic E-state index is 0.0668. The normalized spacial score (nSPS) is 14.1. The lowest BCUT2D eigenvalue weighted by molar-refractivity contribution is -0.114. The molecule has 1 amide bonds. The van der Waals surface area contributed by atoms with E-state index in [1.165, 1.54) is 19.1 Å². The number of sulfonamides is 1. The molecule has 1 heterocycles. The van der Waals surface area contributed by atoms with Crippen LogP contribution in [0.25, 0.3) is 0 Å². The SMILES string of the molecule is CC(=O)Nc1cccc(S(=O)(=O)Nc2ccccc2C2=NCCCN2)c1. The molecule has 0 atom stereocenters. The van der Waals surface area contributed by atoms with Crippen molar-refractivity contribution in [3.63, 3.8) is 0 Å². The Morgan fingerprint density at radius 3 is 2.69 bits per heavy atom. The molecule has 1 aliphatic heterocycles. The number of benzene rings is 2. The maximum Gasteiger partial charge on any atom is 0.261 e. The van der Waals surface area contributed by atoms with Gasteiger partial charge in [0, 0.05) is 31.3 Å². The number of carbonyl (C=O) groups excluding carboxylic acids is 1. The van der Waals surface area contributed by atoms with Crippen LogP contribution in [0.3, 0.4) is 0 Å². The number of nitrogens with zero attached hydrogens (tertiary/aromatic N) is 1. The summed E-state index contributed by atoms with van der Waals surface area (Å²) in [6.07, 6.45) is 0.952. The molecule has 7 nitrogen and oxygen atoms in total. The van der Waals surface area contributed by atoms with Gasteiger partial charge in [-0.2, -0.15) is 0 Å². The Hall–Kier alpha value is -2.87. The fourth-order valence-electron chi connectivity index (χ4n) is 2.64. The highest BCUT2D eigenvalue weighted by molar-refractivity contribution is 7.92. The highest BCUT2D eigenvalue weighted by Gasteiger charge is 2.19. The third kappa shape index (κ3) is 4.20. The van der Waals surface area contributed by atoms with Gasteiger partial charge < -0.3 is 10.6 Å². The van der Waals surface area contributed by atoms with Crippen LogP contribution in [0.15, 0.2) is 58.4 Å². The largest absolute Gasteiger partial charge is 0.370 e. The molecule has 0 saturated carbocycles. The second-order valence-electron chi connectivity index (χ2n) is 5.87. The first-order valence-electron chi connectivity index (χ1n) is 8.24. The molecule has 0 saturated heterocycles. The van der Waals surface area contributed by atoms with Gasteiger partial charge in [-0.25, -0.2) is 8.42 Å². The van der Waals surface area contributed by atoms with E-state index in [1.807, 2.05) is 12.1 Å². The van der Waals surface area contributed by atoms with Crippen LogP contribution >= 0.6 is 0 Å². The lowest BCUT2D eigenvalue weighted by Crippen LogP contribution is -2.31. The van der Waals surface area contributed by atoms with Crippen molar-refractivity contribution < 1.29 is 13.2 Å². The minimum Gasteiger partial charge on any atom is -0.370 e. The highest BCUT2D eigenvalue weighted by atomic mass is 32.2. The van der Waals surface area contributed by atoms with Crippen molar-refractivity contribution >= 4 is 33.1 Å². The van der Waals surface area contributed by atoms with Crippen LogP contribution in [-0.4, -0.2) is 33.3 Å². The van der Waals surface area contributed by atoms with E-state index in [0.29, 0.717) is 29.3 Å². The molecule has 0 unspecified atom stereocenters. The average molecular weight is 372 g/mol. The second kappa shape index (κ2) is 7.57. The van der Waals surface area contributed by atoms with Gasteiger partial charge in [0.15, 0.2) is 0 Å². The lowest BCUT2D eigenvalue weighted by atomic mass is 10.1. The number of anilines is 2. The first kappa shape index (κ1) is 17.9. The Balaban J connectivity index is 1.91. The van der Waals surface area contributed by atoms with E-state index < -0.39 is 10.0 Å². The summed E-state index contributed by atoms with van der Waals surface area (Å²) in [4.78, 5) is 15.7. The van der Waals surface area contributed by atoms with Gasteiger partial charge in [-0.1, -0.05) is 18.2 Å².